The monoisotopic (exact) mass is 379 g/mol. The number of nitriles is 1. The minimum atomic E-state index is -0.345. The second-order valence-corrected chi connectivity index (χ2v) is 5.78. The third-order valence-electron chi connectivity index (χ3n) is 3.40. The van der Waals surface area contributed by atoms with E-state index in [0.717, 1.165) is 0 Å². The van der Waals surface area contributed by atoms with Gasteiger partial charge in [0.05, 0.1) is 11.6 Å². The Morgan fingerprint density at radius 1 is 1.00 bits per heavy atom. The number of rotatable bonds is 6. The SMILES string of the molecule is N#Cc1ccc(Oc2ccc(OCC(=O)Nc3cccc(Cl)n3)cc2)cc1. The van der Waals surface area contributed by atoms with E-state index in [0.29, 0.717) is 33.8 Å². The number of nitrogens with zero attached hydrogens (tertiary/aromatic N) is 2. The Morgan fingerprint density at radius 2 is 1.63 bits per heavy atom. The van der Waals surface area contributed by atoms with Crippen LogP contribution < -0.4 is 14.8 Å². The molecule has 1 aromatic heterocycles. The standard InChI is InChI=1S/C20H14ClN3O3/c21-18-2-1-3-19(23-18)24-20(25)13-26-15-8-10-17(11-9-15)27-16-6-4-14(12-22)5-7-16/h1-11H,13H2,(H,23,24,25). The average molecular weight is 380 g/mol. The van der Waals surface area contributed by atoms with Crippen LogP contribution in [0.5, 0.6) is 17.2 Å². The fraction of sp³-hybridized carbons (Fsp3) is 0.0500. The Balaban J connectivity index is 1.51. The van der Waals surface area contributed by atoms with Crippen LogP contribution in [0.3, 0.4) is 0 Å². The van der Waals surface area contributed by atoms with Gasteiger partial charge in [0.1, 0.15) is 28.2 Å². The first kappa shape index (κ1) is 18.2. The number of halogens is 1. The quantitative estimate of drug-likeness (QED) is 0.641. The van der Waals surface area contributed by atoms with Crippen LogP contribution >= 0.6 is 11.6 Å². The van der Waals surface area contributed by atoms with Gasteiger partial charge in [-0.3, -0.25) is 4.79 Å². The lowest BCUT2D eigenvalue weighted by Crippen LogP contribution is -2.20. The molecule has 0 fully saturated rings. The number of anilines is 1. The lowest BCUT2D eigenvalue weighted by molar-refractivity contribution is -0.118. The van der Waals surface area contributed by atoms with Gasteiger partial charge in [-0.1, -0.05) is 17.7 Å². The number of pyridine rings is 1. The third-order valence-corrected chi connectivity index (χ3v) is 3.61. The van der Waals surface area contributed by atoms with E-state index in [1.165, 1.54) is 0 Å². The number of hydrogen-bond acceptors (Lipinski definition) is 5. The molecule has 0 aliphatic carbocycles. The highest BCUT2D eigenvalue weighted by molar-refractivity contribution is 6.29. The summed E-state index contributed by atoms with van der Waals surface area (Å²) in [7, 11) is 0. The molecule has 0 atom stereocenters. The third kappa shape index (κ3) is 5.46. The van der Waals surface area contributed by atoms with Crippen molar-refractivity contribution in [3.05, 3.63) is 77.4 Å². The van der Waals surface area contributed by atoms with Crippen LogP contribution in [0.1, 0.15) is 5.56 Å². The number of benzene rings is 2. The van der Waals surface area contributed by atoms with Crippen LogP contribution in [0.2, 0.25) is 5.15 Å². The van der Waals surface area contributed by atoms with Crippen molar-refractivity contribution < 1.29 is 14.3 Å². The van der Waals surface area contributed by atoms with Gasteiger partial charge in [-0.2, -0.15) is 5.26 Å². The number of carbonyl (C=O) groups is 1. The molecular formula is C20H14ClN3O3. The Labute approximate surface area is 160 Å². The largest absolute Gasteiger partial charge is 0.484 e. The minimum absolute atomic E-state index is 0.163. The Kier molecular flexibility index (Phi) is 5.87. The highest BCUT2D eigenvalue weighted by Gasteiger charge is 2.06. The normalized spacial score (nSPS) is 9.93. The van der Waals surface area contributed by atoms with Gasteiger partial charge in [0.15, 0.2) is 6.61 Å². The Hall–Kier alpha value is -3.56. The van der Waals surface area contributed by atoms with E-state index in [1.54, 1.807) is 66.7 Å². The molecule has 1 N–H and O–H groups in total. The second-order valence-electron chi connectivity index (χ2n) is 5.39. The summed E-state index contributed by atoms with van der Waals surface area (Å²) in [4.78, 5) is 15.9. The predicted molar refractivity (Wildman–Crippen MR) is 101 cm³/mol. The summed E-state index contributed by atoms with van der Waals surface area (Å²) in [5.74, 6) is 1.78. The van der Waals surface area contributed by atoms with Gasteiger partial charge < -0.3 is 14.8 Å². The van der Waals surface area contributed by atoms with E-state index in [-0.39, 0.29) is 12.5 Å². The molecule has 1 amide bonds. The van der Waals surface area contributed by atoms with Gasteiger partial charge in [0.2, 0.25) is 0 Å². The van der Waals surface area contributed by atoms with Crippen LogP contribution in [0.15, 0.2) is 66.7 Å². The first-order chi connectivity index (χ1) is 13.1. The molecule has 3 rings (SSSR count). The highest BCUT2D eigenvalue weighted by Crippen LogP contribution is 2.24. The highest BCUT2D eigenvalue weighted by atomic mass is 35.5. The molecule has 0 bridgehead atoms. The van der Waals surface area contributed by atoms with Gasteiger partial charge in [-0.05, 0) is 60.7 Å². The summed E-state index contributed by atoms with van der Waals surface area (Å²) in [5, 5.41) is 11.7. The van der Waals surface area contributed by atoms with E-state index in [1.807, 2.05) is 0 Å². The average Bonchev–Trinajstić information content (AvgIpc) is 2.68. The molecule has 0 aliphatic rings. The maximum absolute atomic E-state index is 11.9. The Bertz CT molecular complexity index is 967. The van der Waals surface area contributed by atoms with Crippen LogP contribution in [-0.4, -0.2) is 17.5 Å². The number of ether oxygens (including phenoxy) is 2. The van der Waals surface area contributed by atoms with Crippen molar-refractivity contribution in [1.82, 2.24) is 4.98 Å². The number of carbonyl (C=O) groups excluding carboxylic acids is 1. The Morgan fingerprint density at radius 3 is 2.26 bits per heavy atom. The molecule has 7 heteroatoms. The van der Waals surface area contributed by atoms with Gasteiger partial charge in [0.25, 0.3) is 5.91 Å². The molecule has 6 nitrogen and oxygen atoms in total. The molecule has 2 aromatic carbocycles. The van der Waals surface area contributed by atoms with Crippen molar-refractivity contribution in [3.8, 4) is 23.3 Å². The van der Waals surface area contributed by atoms with E-state index < -0.39 is 0 Å². The molecule has 27 heavy (non-hydrogen) atoms. The van der Waals surface area contributed by atoms with Crippen molar-refractivity contribution in [1.29, 1.82) is 5.26 Å². The summed E-state index contributed by atoms with van der Waals surface area (Å²) in [6.07, 6.45) is 0. The summed E-state index contributed by atoms with van der Waals surface area (Å²) in [6, 6.07) is 20.7. The van der Waals surface area contributed by atoms with Crippen molar-refractivity contribution in [2.75, 3.05) is 11.9 Å². The molecule has 0 saturated carbocycles. The number of hydrogen-bond donors (Lipinski definition) is 1. The van der Waals surface area contributed by atoms with Crippen LogP contribution in [0.4, 0.5) is 5.82 Å². The number of nitrogens with one attached hydrogen (secondary N) is 1. The lowest BCUT2D eigenvalue weighted by Gasteiger charge is -2.09. The van der Waals surface area contributed by atoms with E-state index >= 15 is 0 Å². The van der Waals surface area contributed by atoms with E-state index in [2.05, 4.69) is 16.4 Å². The lowest BCUT2D eigenvalue weighted by atomic mass is 10.2. The molecule has 1 heterocycles. The zero-order chi connectivity index (χ0) is 19.1. The summed E-state index contributed by atoms with van der Waals surface area (Å²) in [6.45, 7) is -0.163. The fourth-order valence-corrected chi connectivity index (χ4v) is 2.31. The van der Waals surface area contributed by atoms with Crippen molar-refractivity contribution in [3.63, 3.8) is 0 Å². The summed E-state index contributed by atoms with van der Waals surface area (Å²) >= 11 is 5.77. The summed E-state index contributed by atoms with van der Waals surface area (Å²) < 4.78 is 11.1. The van der Waals surface area contributed by atoms with Crippen molar-refractivity contribution in [2.45, 2.75) is 0 Å². The second kappa shape index (κ2) is 8.70. The predicted octanol–water partition coefficient (Wildman–Crippen LogP) is 4.42. The molecule has 134 valence electrons. The molecule has 0 spiro atoms. The number of aromatic nitrogens is 1. The molecule has 3 aromatic rings. The molecule has 0 unspecified atom stereocenters. The first-order valence-electron chi connectivity index (χ1n) is 7.96. The van der Waals surface area contributed by atoms with Crippen LogP contribution in [0, 0.1) is 11.3 Å². The smallest absolute Gasteiger partial charge is 0.263 e. The van der Waals surface area contributed by atoms with Crippen molar-refractivity contribution in [2.24, 2.45) is 0 Å². The maximum Gasteiger partial charge on any atom is 0.263 e. The maximum atomic E-state index is 11.9. The van der Waals surface area contributed by atoms with E-state index in [4.69, 9.17) is 26.3 Å². The minimum Gasteiger partial charge on any atom is -0.484 e. The molecular weight excluding hydrogens is 366 g/mol. The van der Waals surface area contributed by atoms with Gasteiger partial charge in [0, 0.05) is 0 Å². The number of amides is 1. The summed E-state index contributed by atoms with van der Waals surface area (Å²) in [5.41, 5.74) is 0.567. The fourth-order valence-electron chi connectivity index (χ4n) is 2.14. The van der Waals surface area contributed by atoms with E-state index in [9.17, 15) is 4.79 Å². The molecule has 0 saturated heterocycles. The van der Waals surface area contributed by atoms with Gasteiger partial charge in [-0.25, -0.2) is 4.98 Å². The molecule has 0 radical (unpaired) electrons. The van der Waals surface area contributed by atoms with Gasteiger partial charge >= 0.3 is 0 Å². The van der Waals surface area contributed by atoms with Crippen molar-refractivity contribution >= 4 is 23.3 Å². The topological polar surface area (TPSA) is 84.2 Å². The zero-order valence-corrected chi connectivity index (χ0v) is 14.8. The van der Waals surface area contributed by atoms with Gasteiger partial charge in [-0.15, -0.1) is 0 Å². The van der Waals surface area contributed by atoms with Crippen LogP contribution in [0.25, 0.3) is 0 Å². The zero-order valence-electron chi connectivity index (χ0n) is 14.1. The van der Waals surface area contributed by atoms with Crippen LogP contribution in [-0.2, 0) is 4.79 Å². The first-order valence-corrected chi connectivity index (χ1v) is 8.33. The molecule has 0 aliphatic heterocycles.